The van der Waals surface area contributed by atoms with Gasteiger partial charge in [-0.25, -0.2) is 4.39 Å². The molecule has 0 fully saturated rings. The first-order chi connectivity index (χ1) is 11.3. The van der Waals surface area contributed by atoms with Crippen molar-refractivity contribution in [2.45, 2.75) is 0 Å². The van der Waals surface area contributed by atoms with Gasteiger partial charge >= 0.3 is 0 Å². The summed E-state index contributed by atoms with van der Waals surface area (Å²) in [6, 6.07) is 24.5. The zero-order chi connectivity index (χ0) is 16.1. The van der Waals surface area contributed by atoms with Crippen LogP contribution in [0, 0.1) is 5.82 Å². The summed E-state index contributed by atoms with van der Waals surface area (Å²) in [5.41, 5.74) is 4.19. The third kappa shape index (κ3) is 3.67. The molecule has 3 aromatic rings. The Hall–Kier alpha value is -2.87. The average Bonchev–Trinajstić information content (AvgIpc) is 2.62. The molecule has 23 heavy (non-hydrogen) atoms. The van der Waals surface area contributed by atoms with Gasteiger partial charge in [0.2, 0.25) is 0 Å². The van der Waals surface area contributed by atoms with E-state index in [1.807, 2.05) is 42.5 Å². The molecule has 0 atom stereocenters. The van der Waals surface area contributed by atoms with E-state index < -0.39 is 0 Å². The third-order valence-electron chi connectivity index (χ3n) is 3.67. The second kappa shape index (κ2) is 6.93. The van der Waals surface area contributed by atoms with Crippen molar-refractivity contribution in [3.63, 3.8) is 0 Å². The smallest absolute Gasteiger partial charge is 0.123 e. The van der Waals surface area contributed by atoms with E-state index in [0.29, 0.717) is 0 Å². The number of rotatable bonds is 4. The molecule has 114 valence electrons. The molecule has 0 radical (unpaired) electrons. The Morgan fingerprint density at radius 3 is 2.00 bits per heavy atom. The van der Waals surface area contributed by atoms with Gasteiger partial charge in [-0.1, -0.05) is 54.6 Å². The van der Waals surface area contributed by atoms with Crippen molar-refractivity contribution >= 4 is 11.6 Å². The Kier molecular flexibility index (Phi) is 4.53. The van der Waals surface area contributed by atoms with E-state index in [0.717, 1.165) is 28.0 Å². The zero-order valence-corrected chi connectivity index (χ0v) is 12.9. The maximum atomic E-state index is 13.2. The first kappa shape index (κ1) is 15.0. The number of hydrogen-bond donors (Lipinski definition) is 0. The van der Waals surface area contributed by atoms with Crippen molar-refractivity contribution in [1.29, 1.82) is 0 Å². The fourth-order valence-electron chi connectivity index (χ4n) is 2.45. The van der Waals surface area contributed by atoms with Crippen LogP contribution >= 0.6 is 0 Å². The van der Waals surface area contributed by atoms with Gasteiger partial charge in [0.05, 0.1) is 7.11 Å². The highest BCUT2D eigenvalue weighted by Gasteiger charge is 2.05. The highest BCUT2D eigenvalue weighted by atomic mass is 19.1. The van der Waals surface area contributed by atoms with Gasteiger partial charge in [0, 0.05) is 0 Å². The highest BCUT2D eigenvalue weighted by Crippen LogP contribution is 2.26. The van der Waals surface area contributed by atoms with E-state index >= 15 is 0 Å². The predicted molar refractivity (Wildman–Crippen MR) is 92.8 cm³/mol. The molecule has 0 aliphatic carbocycles. The fraction of sp³-hybridized carbons (Fsp3) is 0.0476. The van der Waals surface area contributed by atoms with Gasteiger partial charge in [-0.05, 0) is 52.6 Å². The van der Waals surface area contributed by atoms with Crippen LogP contribution in [0.3, 0.4) is 0 Å². The highest BCUT2D eigenvalue weighted by molar-refractivity contribution is 5.91. The Balaban J connectivity index is 2.07. The Morgan fingerprint density at radius 2 is 1.39 bits per heavy atom. The molecule has 3 rings (SSSR count). The molecule has 0 amide bonds. The molecule has 0 saturated carbocycles. The standard InChI is InChI=1S/C21H17FO/c1-23-20-13-7-16(8-14-20)15-21(17-5-3-2-4-6-17)18-9-11-19(22)12-10-18/h2-15H,1H3/b21-15-. The summed E-state index contributed by atoms with van der Waals surface area (Å²) in [5.74, 6) is 0.593. The van der Waals surface area contributed by atoms with E-state index in [2.05, 4.69) is 18.2 Å². The number of methoxy groups -OCH3 is 1. The number of hydrogen-bond acceptors (Lipinski definition) is 1. The summed E-state index contributed by atoms with van der Waals surface area (Å²) >= 11 is 0. The average molecular weight is 304 g/mol. The molecule has 0 N–H and O–H groups in total. The van der Waals surface area contributed by atoms with Crippen LogP contribution in [0.4, 0.5) is 4.39 Å². The van der Waals surface area contributed by atoms with Gasteiger partial charge in [0.15, 0.2) is 0 Å². The maximum absolute atomic E-state index is 13.2. The summed E-state index contributed by atoms with van der Waals surface area (Å²) in [7, 11) is 1.65. The van der Waals surface area contributed by atoms with Crippen LogP contribution < -0.4 is 4.74 Å². The molecule has 0 unspecified atom stereocenters. The minimum absolute atomic E-state index is 0.231. The quantitative estimate of drug-likeness (QED) is 0.584. The van der Waals surface area contributed by atoms with Crippen molar-refractivity contribution in [1.82, 2.24) is 0 Å². The van der Waals surface area contributed by atoms with Crippen molar-refractivity contribution in [2.75, 3.05) is 7.11 Å². The van der Waals surface area contributed by atoms with Crippen LogP contribution in [0.5, 0.6) is 5.75 Å². The Morgan fingerprint density at radius 1 is 0.783 bits per heavy atom. The summed E-state index contributed by atoms with van der Waals surface area (Å²) in [5, 5.41) is 0. The Bertz CT molecular complexity index is 788. The third-order valence-corrected chi connectivity index (χ3v) is 3.67. The molecule has 0 aliphatic rings. The molecule has 0 heterocycles. The second-order valence-electron chi connectivity index (χ2n) is 5.20. The molecule has 0 bridgehead atoms. The number of halogens is 1. The van der Waals surface area contributed by atoms with E-state index in [1.165, 1.54) is 12.1 Å². The summed E-state index contributed by atoms with van der Waals surface area (Å²) in [6.45, 7) is 0. The SMILES string of the molecule is COc1ccc(/C=C(/c2ccccc2)c2ccc(F)cc2)cc1. The lowest BCUT2D eigenvalue weighted by Gasteiger charge is -2.09. The minimum Gasteiger partial charge on any atom is -0.497 e. The second-order valence-corrected chi connectivity index (χ2v) is 5.20. The van der Waals surface area contributed by atoms with Crippen LogP contribution in [0.1, 0.15) is 16.7 Å². The molecule has 0 aliphatic heterocycles. The first-order valence-corrected chi connectivity index (χ1v) is 7.43. The van der Waals surface area contributed by atoms with Crippen molar-refractivity contribution in [2.24, 2.45) is 0 Å². The van der Waals surface area contributed by atoms with Crippen LogP contribution in [0.25, 0.3) is 11.6 Å². The lowest BCUT2D eigenvalue weighted by molar-refractivity contribution is 0.415. The normalized spacial score (nSPS) is 11.3. The van der Waals surface area contributed by atoms with Crippen molar-refractivity contribution in [3.8, 4) is 5.75 Å². The topological polar surface area (TPSA) is 9.23 Å². The first-order valence-electron chi connectivity index (χ1n) is 7.43. The zero-order valence-electron chi connectivity index (χ0n) is 12.9. The fourth-order valence-corrected chi connectivity index (χ4v) is 2.45. The largest absolute Gasteiger partial charge is 0.497 e. The van der Waals surface area contributed by atoms with Gasteiger partial charge < -0.3 is 4.74 Å². The Labute approximate surface area is 135 Å². The van der Waals surface area contributed by atoms with Crippen LogP contribution in [0.2, 0.25) is 0 Å². The van der Waals surface area contributed by atoms with Gasteiger partial charge in [-0.15, -0.1) is 0 Å². The van der Waals surface area contributed by atoms with E-state index in [-0.39, 0.29) is 5.82 Å². The minimum atomic E-state index is -0.231. The number of ether oxygens (including phenoxy) is 1. The van der Waals surface area contributed by atoms with Gasteiger partial charge in [0.25, 0.3) is 0 Å². The van der Waals surface area contributed by atoms with Gasteiger partial charge in [-0.2, -0.15) is 0 Å². The van der Waals surface area contributed by atoms with Crippen LogP contribution in [-0.4, -0.2) is 7.11 Å². The molecule has 3 aromatic carbocycles. The molecular weight excluding hydrogens is 287 g/mol. The van der Waals surface area contributed by atoms with Crippen LogP contribution in [0.15, 0.2) is 78.9 Å². The lowest BCUT2D eigenvalue weighted by atomic mass is 9.96. The summed E-state index contributed by atoms with van der Waals surface area (Å²) in [6.07, 6.45) is 2.10. The van der Waals surface area contributed by atoms with Crippen LogP contribution in [-0.2, 0) is 0 Å². The van der Waals surface area contributed by atoms with E-state index in [4.69, 9.17) is 4.74 Å². The predicted octanol–water partition coefficient (Wildman–Crippen LogP) is 5.42. The van der Waals surface area contributed by atoms with Crippen molar-refractivity contribution < 1.29 is 9.13 Å². The van der Waals surface area contributed by atoms with E-state index in [1.54, 1.807) is 19.2 Å². The van der Waals surface area contributed by atoms with Gasteiger partial charge in [0.1, 0.15) is 11.6 Å². The molecule has 0 aromatic heterocycles. The molecule has 1 nitrogen and oxygen atoms in total. The van der Waals surface area contributed by atoms with Gasteiger partial charge in [-0.3, -0.25) is 0 Å². The maximum Gasteiger partial charge on any atom is 0.123 e. The summed E-state index contributed by atoms with van der Waals surface area (Å²) in [4.78, 5) is 0. The van der Waals surface area contributed by atoms with Crippen molar-refractivity contribution in [3.05, 3.63) is 101 Å². The monoisotopic (exact) mass is 304 g/mol. The molecule has 2 heteroatoms. The number of benzene rings is 3. The van der Waals surface area contributed by atoms with E-state index in [9.17, 15) is 4.39 Å². The molecular formula is C21H17FO. The summed E-state index contributed by atoms with van der Waals surface area (Å²) < 4.78 is 18.4. The molecule has 0 saturated heterocycles. The molecule has 0 spiro atoms. The lowest BCUT2D eigenvalue weighted by Crippen LogP contribution is -1.89.